The van der Waals surface area contributed by atoms with E-state index in [-0.39, 0.29) is 0 Å². The zero-order valence-electron chi connectivity index (χ0n) is 22.1. The highest BCUT2D eigenvalue weighted by Gasteiger charge is 2.63. The fourth-order valence-electron chi connectivity index (χ4n) is 6.46. The summed E-state index contributed by atoms with van der Waals surface area (Å²) in [7, 11) is 3.99. The molecule has 0 spiro atoms. The quantitative estimate of drug-likeness (QED) is 0.246. The average Bonchev–Trinajstić information content (AvgIpc) is 2.79. The average molecular weight is 590 g/mol. The van der Waals surface area contributed by atoms with Gasteiger partial charge < -0.3 is 26.2 Å². The Morgan fingerprint density at radius 2 is 1.78 bits per heavy atom. The molecule has 4 rings (SSSR count). The second-order valence-electron chi connectivity index (χ2n) is 10.8. The van der Waals surface area contributed by atoms with Gasteiger partial charge in [-0.3, -0.25) is 24.2 Å². The van der Waals surface area contributed by atoms with Gasteiger partial charge in [0, 0.05) is 18.0 Å². The van der Waals surface area contributed by atoms with Crippen LogP contribution in [0.5, 0.6) is 5.75 Å². The number of hydrogen-bond acceptors (Lipinski definition) is 9. The first kappa shape index (κ1) is 30.4. The number of alkyl halides is 5. The maximum atomic E-state index is 14.4. The van der Waals surface area contributed by atoms with Gasteiger partial charge in [-0.2, -0.15) is 13.2 Å². The molecule has 0 unspecified atom stereocenters. The number of aromatic hydroxyl groups is 1. The van der Waals surface area contributed by atoms with Crippen LogP contribution in [0.25, 0.3) is 0 Å². The molecule has 41 heavy (non-hydrogen) atoms. The van der Waals surface area contributed by atoms with Crippen LogP contribution >= 0.6 is 0 Å². The molecule has 0 saturated heterocycles. The van der Waals surface area contributed by atoms with E-state index in [1.54, 1.807) is 0 Å². The summed E-state index contributed by atoms with van der Waals surface area (Å²) in [5.74, 6) is -9.78. The Bertz CT molecular complexity index is 1400. The molecule has 0 aromatic heterocycles. The van der Waals surface area contributed by atoms with Gasteiger partial charge in [-0.05, 0) is 57.1 Å². The molecule has 1 aromatic carbocycles. The molecule has 0 bridgehead atoms. The van der Waals surface area contributed by atoms with Crippen LogP contribution in [0.4, 0.5) is 22.0 Å². The summed E-state index contributed by atoms with van der Waals surface area (Å²) in [6.45, 7) is -1.50. The Labute approximate surface area is 230 Å². The number of phenols is 1. The second-order valence-corrected chi connectivity index (χ2v) is 10.8. The number of halogens is 5. The zero-order valence-corrected chi connectivity index (χ0v) is 22.1. The van der Waals surface area contributed by atoms with E-state index in [4.69, 9.17) is 5.73 Å². The van der Waals surface area contributed by atoms with Crippen molar-refractivity contribution in [2.45, 2.75) is 43.6 Å². The highest BCUT2D eigenvalue weighted by Crippen LogP contribution is 2.53. The number of carbonyl (C=O) groups is 3. The molecule has 0 fully saturated rings. The zero-order chi connectivity index (χ0) is 30.9. The Balaban J connectivity index is 1.94. The van der Waals surface area contributed by atoms with Crippen molar-refractivity contribution in [2.75, 3.05) is 27.7 Å². The van der Waals surface area contributed by atoms with Crippen molar-refractivity contribution in [1.29, 1.82) is 0 Å². The van der Waals surface area contributed by atoms with Gasteiger partial charge in [-0.15, -0.1) is 0 Å². The Morgan fingerprint density at radius 3 is 2.29 bits per heavy atom. The number of ketones is 2. The number of likely N-dealkylation sites (N-methyl/N-ethyl adjacent to an activating group) is 1. The van der Waals surface area contributed by atoms with E-state index in [0.29, 0.717) is 6.07 Å². The third-order valence-electron chi connectivity index (χ3n) is 7.98. The number of benzene rings is 1. The Kier molecular flexibility index (Phi) is 7.46. The number of Topliss-reactive ketones (excluding diaryl/α,β-unsaturated/α-hetero) is 2. The molecular formula is C26H28F5N3O7. The highest BCUT2D eigenvalue weighted by molar-refractivity contribution is 6.24. The smallest absolute Gasteiger partial charge is 0.417 e. The number of nitrogens with zero attached hydrogens (tertiary/aromatic N) is 2. The van der Waals surface area contributed by atoms with Crippen LogP contribution in [0.15, 0.2) is 28.7 Å². The molecular weight excluding hydrogens is 561 g/mol. The first-order valence-electron chi connectivity index (χ1n) is 12.4. The minimum Gasteiger partial charge on any atom is -0.510 e. The van der Waals surface area contributed by atoms with Crippen LogP contribution in [0.3, 0.4) is 0 Å². The lowest BCUT2D eigenvalue weighted by atomic mass is 9.58. The topological polar surface area (TPSA) is 165 Å². The van der Waals surface area contributed by atoms with Crippen LogP contribution in [0, 0.1) is 11.8 Å². The van der Waals surface area contributed by atoms with Gasteiger partial charge in [0.1, 0.15) is 22.8 Å². The third kappa shape index (κ3) is 4.65. The predicted octanol–water partition coefficient (Wildman–Crippen LogP) is 1.84. The molecule has 15 heteroatoms. The normalized spacial score (nSPS) is 26.6. The summed E-state index contributed by atoms with van der Waals surface area (Å²) in [5.41, 5.74) is -2.62. The predicted molar refractivity (Wildman–Crippen MR) is 131 cm³/mol. The Hall–Kier alpha value is -3.56. The van der Waals surface area contributed by atoms with Crippen molar-refractivity contribution >= 4 is 17.5 Å². The Morgan fingerprint density at radius 1 is 1.17 bits per heavy atom. The van der Waals surface area contributed by atoms with E-state index in [1.807, 2.05) is 0 Å². The number of allylic oxidation sites excluding steroid dienone is 1. The van der Waals surface area contributed by atoms with Gasteiger partial charge in [0.15, 0.2) is 11.4 Å². The maximum Gasteiger partial charge on any atom is 0.417 e. The minimum atomic E-state index is -5.08. The van der Waals surface area contributed by atoms with Gasteiger partial charge in [0.25, 0.3) is 12.3 Å². The summed E-state index contributed by atoms with van der Waals surface area (Å²) in [4.78, 5) is 41.1. The van der Waals surface area contributed by atoms with Crippen molar-refractivity contribution in [1.82, 2.24) is 9.80 Å². The number of aliphatic hydroxyl groups excluding tert-OH is 2. The third-order valence-corrected chi connectivity index (χ3v) is 7.98. The molecule has 10 nitrogen and oxygen atoms in total. The molecule has 6 N–H and O–H groups in total. The van der Waals surface area contributed by atoms with E-state index in [1.165, 1.54) is 19.0 Å². The SMILES string of the molecule is CN(Cc1cc(O)c2c(c1C(F)(F)F)C[C@H]1C[C@H]3[C@H](N(C)C)C(O)=C(C(N)=O)C(=O)[C@@]3(O)C(O)=C1C2=O)CC(F)F. The summed E-state index contributed by atoms with van der Waals surface area (Å²) < 4.78 is 69.0. The van der Waals surface area contributed by atoms with E-state index < -0.39 is 130 Å². The fourth-order valence-corrected chi connectivity index (χ4v) is 6.46. The number of primary amides is 1. The summed E-state index contributed by atoms with van der Waals surface area (Å²) in [6, 6.07) is -0.676. The molecule has 1 aromatic rings. The number of nitrogens with two attached hydrogens (primary N) is 1. The molecule has 3 aliphatic carbocycles. The summed E-state index contributed by atoms with van der Waals surface area (Å²) in [6.07, 6.45) is -8.92. The fraction of sp³-hybridized carbons (Fsp3) is 0.500. The van der Waals surface area contributed by atoms with Crippen molar-refractivity contribution in [3.8, 4) is 5.75 Å². The molecule has 0 radical (unpaired) electrons. The van der Waals surface area contributed by atoms with Crippen LogP contribution in [0.2, 0.25) is 0 Å². The number of fused-ring (bicyclic) bond motifs is 3. The number of carbonyl (C=O) groups excluding carboxylic acids is 3. The number of amides is 1. The van der Waals surface area contributed by atoms with Gasteiger partial charge in [0.05, 0.1) is 23.7 Å². The first-order valence-corrected chi connectivity index (χ1v) is 12.4. The standard InChI is InChI=1S/C26H28F5N3O7/c1-33(2)19-12-5-9-4-11-16(13(35)6-10(18(11)26(29,30)31)7-34(3)8-14(27)28)20(36)15(9)22(38)25(12,41)23(39)17(21(19)37)24(32)40/h6,9,12,14,19,35,37-38,41H,4-5,7-8H2,1-3H3,(H2,32,40)/t9-,12-,19-,25-/m0/s1. The molecule has 0 saturated carbocycles. The molecule has 0 heterocycles. The first-order chi connectivity index (χ1) is 18.8. The van der Waals surface area contributed by atoms with Crippen LogP contribution < -0.4 is 5.73 Å². The molecule has 3 aliphatic rings. The highest BCUT2D eigenvalue weighted by atomic mass is 19.4. The number of hydrogen-bond donors (Lipinski definition) is 5. The van der Waals surface area contributed by atoms with Crippen molar-refractivity contribution in [3.63, 3.8) is 0 Å². The van der Waals surface area contributed by atoms with E-state index >= 15 is 0 Å². The largest absolute Gasteiger partial charge is 0.510 e. The molecule has 4 atom stereocenters. The van der Waals surface area contributed by atoms with Crippen LogP contribution in [-0.2, 0) is 28.7 Å². The summed E-state index contributed by atoms with van der Waals surface area (Å²) in [5, 5.41) is 44.2. The van der Waals surface area contributed by atoms with Gasteiger partial charge in [-0.1, -0.05) is 0 Å². The lowest BCUT2D eigenvalue weighted by Crippen LogP contribution is -2.63. The van der Waals surface area contributed by atoms with Crippen molar-refractivity contribution in [2.24, 2.45) is 17.6 Å². The second kappa shape index (κ2) is 10.1. The number of phenolic OH excluding ortho intramolecular Hbond substituents is 1. The van der Waals surface area contributed by atoms with E-state index in [2.05, 4.69) is 0 Å². The molecule has 0 aliphatic heterocycles. The lowest BCUT2D eigenvalue weighted by molar-refractivity contribution is -0.148. The van der Waals surface area contributed by atoms with Crippen LogP contribution in [-0.4, -0.2) is 93.5 Å². The summed E-state index contributed by atoms with van der Waals surface area (Å²) >= 11 is 0. The van der Waals surface area contributed by atoms with Gasteiger partial charge in [-0.25, -0.2) is 8.78 Å². The van der Waals surface area contributed by atoms with Crippen molar-refractivity contribution < 1.29 is 56.8 Å². The van der Waals surface area contributed by atoms with Gasteiger partial charge >= 0.3 is 6.18 Å². The minimum absolute atomic E-state index is 0.403. The monoisotopic (exact) mass is 589 g/mol. The molecule has 224 valence electrons. The van der Waals surface area contributed by atoms with Crippen LogP contribution in [0.1, 0.15) is 33.5 Å². The lowest BCUT2D eigenvalue weighted by Gasteiger charge is -2.50. The van der Waals surface area contributed by atoms with E-state index in [9.17, 15) is 56.8 Å². The maximum absolute atomic E-state index is 14.4. The molecule has 1 amide bonds. The van der Waals surface area contributed by atoms with Crippen molar-refractivity contribution in [3.05, 3.63) is 51.0 Å². The van der Waals surface area contributed by atoms with E-state index in [0.717, 1.165) is 11.9 Å². The number of aliphatic hydroxyl groups is 3. The van der Waals surface area contributed by atoms with Gasteiger partial charge in [0.2, 0.25) is 5.78 Å². The number of rotatable bonds is 6.